The van der Waals surface area contributed by atoms with Crippen LogP contribution in [0, 0.1) is 5.92 Å². The van der Waals surface area contributed by atoms with Gasteiger partial charge < -0.3 is 10.2 Å². The van der Waals surface area contributed by atoms with E-state index in [4.69, 9.17) is 5.84 Å². The van der Waals surface area contributed by atoms with Gasteiger partial charge in [-0.2, -0.15) is 15.0 Å². The standard InChI is InChI=1S/C13H23N7/c14-19-12-16-11(15-7-6-10-4-5-10)17-13(18-12)20-8-2-1-3-9-20/h10H,1-9,14H2,(H2,15,16,17,18,19). The van der Waals surface area contributed by atoms with Gasteiger partial charge in [0.05, 0.1) is 0 Å². The van der Waals surface area contributed by atoms with E-state index in [2.05, 4.69) is 30.6 Å². The largest absolute Gasteiger partial charge is 0.354 e. The monoisotopic (exact) mass is 277 g/mol. The fourth-order valence-corrected chi connectivity index (χ4v) is 2.54. The molecule has 1 aliphatic carbocycles. The molecule has 110 valence electrons. The molecule has 1 aromatic heterocycles. The number of anilines is 3. The van der Waals surface area contributed by atoms with Crippen molar-refractivity contribution >= 4 is 17.8 Å². The van der Waals surface area contributed by atoms with Crippen molar-refractivity contribution in [1.82, 2.24) is 15.0 Å². The first kappa shape index (κ1) is 13.4. The Kier molecular flexibility index (Phi) is 4.15. The highest BCUT2D eigenvalue weighted by Gasteiger charge is 2.21. The van der Waals surface area contributed by atoms with Crippen LogP contribution in [0.2, 0.25) is 0 Å². The molecule has 1 aliphatic heterocycles. The normalized spacial score (nSPS) is 18.9. The Hall–Kier alpha value is -1.63. The van der Waals surface area contributed by atoms with Crippen LogP contribution in [0.25, 0.3) is 0 Å². The van der Waals surface area contributed by atoms with Gasteiger partial charge in [0, 0.05) is 19.6 Å². The molecule has 1 saturated carbocycles. The molecule has 1 aromatic rings. The van der Waals surface area contributed by atoms with Crippen LogP contribution in [0.4, 0.5) is 17.8 Å². The van der Waals surface area contributed by atoms with Gasteiger partial charge >= 0.3 is 0 Å². The number of aromatic nitrogens is 3. The lowest BCUT2D eigenvalue weighted by Crippen LogP contribution is -2.31. The van der Waals surface area contributed by atoms with Gasteiger partial charge in [-0.3, -0.25) is 5.43 Å². The zero-order valence-corrected chi connectivity index (χ0v) is 11.8. The average Bonchev–Trinajstić information content (AvgIpc) is 3.32. The van der Waals surface area contributed by atoms with Gasteiger partial charge in [0.1, 0.15) is 0 Å². The summed E-state index contributed by atoms with van der Waals surface area (Å²) in [6.07, 6.45) is 7.61. The van der Waals surface area contributed by atoms with Gasteiger partial charge in [-0.25, -0.2) is 5.84 Å². The number of hydrogen-bond donors (Lipinski definition) is 3. The van der Waals surface area contributed by atoms with E-state index in [1.54, 1.807) is 0 Å². The summed E-state index contributed by atoms with van der Waals surface area (Å²) >= 11 is 0. The number of rotatable bonds is 6. The van der Waals surface area contributed by atoms with E-state index in [9.17, 15) is 0 Å². The van der Waals surface area contributed by atoms with E-state index >= 15 is 0 Å². The van der Waals surface area contributed by atoms with Crippen molar-refractivity contribution < 1.29 is 0 Å². The first-order valence-electron chi connectivity index (χ1n) is 7.56. The van der Waals surface area contributed by atoms with Gasteiger partial charge in [-0.15, -0.1) is 0 Å². The summed E-state index contributed by atoms with van der Waals surface area (Å²) in [4.78, 5) is 15.4. The molecular weight excluding hydrogens is 254 g/mol. The van der Waals surface area contributed by atoms with Gasteiger partial charge in [-0.1, -0.05) is 12.8 Å². The fraction of sp³-hybridized carbons (Fsp3) is 0.769. The van der Waals surface area contributed by atoms with Crippen LogP contribution in [0.5, 0.6) is 0 Å². The van der Waals surface area contributed by atoms with E-state index in [1.807, 2.05) is 0 Å². The van der Waals surface area contributed by atoms with Crippen LogP contribution in [-0.2, 0) is 0 Å². The SMILES string of the molecule is NNc1nc(NCCC2CC2)nc(N2CCCCC2)n1. The van der Waals surface area contributed by atoms with Crippen LogP contribution in [0.1, 0.15) is 38.5 Å². The molecule has 0 spiro atoms. The van der Waals surface area contributed by atoms with Crippen molar-refractivity contribution in [2.45, 2.75) is 38.5 Å². The smallest absolute Gasteiger partial charge is 0.243 e. The minimum Gasteiger partial charge on any atom is -0.354 e. The van der Waals surface area contributed by atoms with Crippen LogP contribution < -0.4 is 21.5 Å². The molecule has 7 nitrogen and oxygen atoms in total. The number of piperidine rings is 1. The Morgan fingerprint density at radius 3 is 2.50 bits per heavy atom. The average molecular weight is 277 g/mol. The highest BCUT2D eigenvalue weighted by molar-refractivity contribution is 5.43. The molecule has 20 heavy (non-hydrogen) atoms. The zero-order valence-electron chi connectivity index (χ0n) is 11.8. The van der Waals surface area contributed by atoms with E-state index in [0.717, 1.165) is 31.5 Å². The highest BCUT2D eigenvalue weighted by Crippen LogP contribution is 2.32. The molecule has 4 N–H and O–H groups in total. The molecule has 7 heteroatoms. The van der Waals surface area contributed by atoms with Gasteiger partial charge in [-0.05, 0) is 31.6 Å². The second kappa shape index (κ2) is 6.21. The third-order valence-corrected chi connectivity index (χ3v) is 3.92. The lowest BCUT2D eigenvalue weighted by atomic mass is 10.1. The fourth-order valence-electron chi connectivity index (χ4n) is 2.54. The minimum absolute atomic E-state index is 0.425. The number of nitrogens with two attached hydrogens (primary N) is 1. The molecule has 0 radical (unpaired) electrons. The molecule has 2 heterocycles. The molecule has 0 aromatic carbocycles. The van der Waals surface area contributed by atoms with E-state index in [0.29, 0.717) is 11.9 Å². The van der Waals surface area contributed by atoms with Crippen LogP contribution in [0.3, 0.4) is 0 Å². The highest BCUT2D eigenvalue weighted by atomic mass is 15.4. The van der Waals surface area contributed by atoms with E-state index < -0.39 is 0 Å². The number of hydrazine groups is 1. The quantitative estimate of drug-likeness (QED) is 0.534. The minimum atomic E-state index is 0.425. The molecule has 3 rings (SSSR count). The maximum absolute atomic E-state index is 5.45. The number of hydrogen-bond acceptors (Lipinski definition) is 7. The Bertz CT molecular complexity index is 440. The molecule has 2 aliphatic rings. The lowest BCUT2D eigenvalue weighted by Gasteiger charge is -2.26. The van der Waals surface area contributed by atoms with E-state index in [1.165, 1.54) is 38.5 Å². The Labute approximate surface area is 119 Å². The van der Waals surface area contributed by atoms with E-state index in [-0.39, 0.29) is 0 Å². The topological polar surface area (TPSA) is 92.0 Å². The Morgan fingerprint density at radius 2 is 1.80 bits per heavy atom. The summed E-state index contributed by atoms with van der Waals surface area (Å²) in [5.74, 6) is 8.12. The summed E-state index contributed by atoms with van der Waals surface area (Å²) in [6, 6.07) is 0. The second-order valence-electron chi connectivity index (χ2n) is 5.63. The van der Waals surface area contributed by atoms with Crippen molar-refractivity contribution in [3.05, 3.63) is 0 Å². The molecule has 0 bridgehead atoms. The Morgan fingerprint density at radius 1 is 1.05 bits per heavy atom. The van der Waals surface area contributed by atoms with Crippen LogP contribution in [0.15, 0.2) is 0 Å². The van der Waals surface area contributed by atoms with Crippen LogP contribution in [-0.4, -0.2) is 34.6 Å². The first-order valence-corrected chi connectivity index (χ1v) is 7.56. The molecule has 0 atom stereocenters. The summed E-state index contributed by atoms with van der Waals surface area (Å²) in [5.41, 5.74) is 2.53. The van der Waals surface area contributed by atoms with Crippen molar-refractivity contribution in [2.24, 2.45) is 11.8 Å². The number of nitrogens with one attached hydrogen (secondary N) is 2. The van der Waals surface area contributed by atoms with Gasteiger partial charge in [0.15, 0.2) is 0 Å². The molecular formula is C13H23N7. The summed E-state index contributed by atoms with van der Waals surface area (Å²) < 4.78 is 0. The van der Waals surface area contributed by atoms with Crippen molar-refractivity contribution in [1.29, 1.82) is 0 Å². The first-order chi connectivity index (χ1) is 9.85. The predicted molar refractivity (Wildman–Crippen MR) is 79.5 cm³/mol. The molecule has 2 fully saturated rings. The van der Waals surface area contributed by atoms with Gasteiger partial charge in [0.2, 0.25) is 17.8 Å². The molecule has 0 amide bonds. The van der Waals surface area contributed by atoms with Crippen molar-refractivity contribution in [2.75, 3.05) is 35.3 Å². The zero-order chi connectivity index (χ0) is 13.8. The summed E-state index contributed by atoms with van der Waals surface area (Å²) in [7, 11) is 0. The number of nitrogens with zero attached hydrogens (tertiary/aromatic N) is 4. The van der Waals surface area contributed by atoms with Crippen molar-refractivity contribution in [3.63, 3.8) is 0 Å². The van der Waals surface area contributed by atoms with Crippen molar-refractivity contribution in [3.8, 4) is 0 Å². The maximum atomic E-state index is 5.45. The van der Waals surface area contributed by atoms with Crippen LogP contribution >= 0.6 is 0 Å². The predicted octanol–water partition coefficient (Wildman–Crippen LogP) is 1.36. The second-order valence-corrected chi connectivity index (χ2v) is 5.63. The molecule has 1 saturated heterocycles. The van der Waals surface area contributed by atoms with Gasteiger partial charge in [0.25, 0.3) is 0 Å². The lowest BCUT2D eigenvalue weighted by molar-refractivity contribution is 0.567. The Balaban J connectivity index is 1.67. The summed E-state index contributed by atoms with van der Waals surface area (Å²) in [5, 5.41) is 3.29. The summed E-state index contributed by atoms with van der Waals surface area (Å²) in [6.45, 7) is 2.93. The maximum Gasteiger partial charge on any atom is 0.243 e. The number of nitrogen functional groups attached to an aromatic ring is 1. The molecule has 0 unspecified atom stereocenters. The third-order valence-electron chi connectivity index (χ3n) is 3.92. The third kappa shape index (κ3) is 3.47.